The second-order valence-electron chi connectivity index (χ2n) is 11.6. The van der Waals surface area contributed by atoms with Crippen LogP contribution in [0.3, 0.4) is 0 Å². The number of aliphatic hydroxyl groups is 1. The minimum Gasteiger partial charge on any atom is -0.469 e. The Hall–Kier alpha value is -1.16. The molecule has 4 aliphatic carbocycles. The van der Waals surface area contributed by atoms with Crippen molar-refractivity contribution in [2.45, 2.75) is 91.6 Å². The smallest absolute Gasteiger partial charge is 0.305 e. The van der Waals surface area contributed by atoms with Crippen molar-refractivity contribution in [2.75, 3.05) is 7.11 Å². The van der Waals surface area contributed by atoms with Crippen LogP contribution in [0.1, 0.15) is 85.5 Å². The zero-order valence-electron chi connectivity index (χ0n) is 20.2. The molecule has 0 amide bonds. The molecule has 4 rings (SSSR count). The molecule has 4 nitrogen and oxygen atoms in total. The summed E-state index contributed by atoms with van der Waals surface area (Å²) >= 11 is 0. The molecule has 0 spiro atoms. The number of ether oxygens (including phenoxy) is 1. The summed E-state index contributed by atoms with van der Waals surface area (Å²) in [5.41, 5.74) is 1.50. The predicted octanol–water partition coefficient (Wildman–Crippen LogP) is 5.33. The second-order valence-corrected chi connectivity index (χ2v) is 11.6. The lowest BCUT2D eigenvalue weighted by molar-refractivity contribution is -0.149. The fourth-order valence-corrected chi connectivity index (χ4v) is 8.92. The summed E-state index contributed by atoms with van der Waals surface area (Å²) in [6, 6.07) is 0. The minimum atomic E-state index is -0.410. The lowest BCUT2D eigenvalue weighted by Crippen LogP contribution is -2.59. The molecule has 0 bridgehead atoms. The Bertz CT molecular complexity index is 756. The Morgan fingerprint density at radius 1 is 1.19 bits per heavy atom. The van der Waals surface area contributed by atoms with Crippen LogP contribution in [0.4, 0.5) is 0 Å². The van der Waals surface area contributed by atoms with Gasteiger partial charge in [0.2, 0.25) is 0 Å². The molecule has 0 saturated heterocycles. The first-order valence-electron chi connectivity index (χ1n) is 12.6. The van der Waals surface area contributed by atoms with Crippen molar-refractivity contribution in [1.29, 1.82) is 0 Å². The van der Waals surface area contributed by atoms with Gasteiger partial charge in [-0.3, -0.25) is 9.59 Å². The molecule has 174 valence electrons. The van der Waals surface area contributed by atoms with E-state index < -0.39 is 6.10 Å². The Balaban J connectivity index is 1.61. The summed E-state index contributed by atoms with van der Waals surface area (Å²) in [6.45, 7) is 9.26. The van der Waals surface area contributed by atoms with E-state index in [1.54, 1.807) is 0 Å². The monoisotopic (exact) mass is 430 g/mol. The minimum absolute atomic E-state index is 0.110. The maximum Gasteiger partial charge on any atom is 0.305 e. The topological polar surface area (TPSA) is 63.6 Å². The van der Waals surface area contributed by atoms with E-state index in [0.29, 0.717) is 54.6 Å². The van der Waals surface area contributed by atoms with E-state index in [0.717, 1.165) is 24.8 Å². The molecule has 0 aliphatic heterocycles. The van der Waals surface area contributed by atoms with Crippen molar-refractivity contribution in [1.82, 2.24) is 0 Å². The van der Waals surface area contributed by atoms with Gasteiger partial charge in [-0.25, -0.2) is 0 Å². The Morgan fingerprint density at radius 3 is 2.58 bits per heavy atom. The van der Waals surface area contributed by atoms with Crippen LogP contribution < -0.4 is 0 Å². The van der Waals surface area contributed by atoms with E-state index in [4.69, 9.17) is 4.74 Å². The Morgan fingerprint density at radius 2 is 1.90 bits per heavy atom. The van der Waals surface area contributed by atoms with Gasteiger partial charge in [-0.2, -0.15) is 0 Å². The van der Waals surface area contributed by atoms with Crippen molar-refractivity contribution in [3.63, 3.8) is 0 Å². The zero-order valence-corrected chi connectivity index (χ0v) is 20.2. The summed E-state index contributed by atoms with van der Waals surface area (Å²) in [6.07, 6.45) is 10.1. The van der Waals surface area contributed by atoms with E-state index in [-0.39, 0.29) is 22.7 Å². The quantitative estimate of drug-likeness (QED) is 0.484. The van der Waals surface area contributed by atoms with Crippen LogP contribution in [0.15, 0.2) is 11.6 Å². The molecule has 1 N–H and O–H groups in total. The second kappa shape index (κ2) is 8.32. The molecule has 4 saturated carbocycles. The van der Waals surface area contributed by atoms with E-state index in [1.165, 1.54) is 26.4 Å². The molecule has 1 unspecified atom stereocenters. The molecule has 31 heavy (non-hydrogen) atoms. The highest BCUT2D eigenvalue weighted by molar-refractivity contribution is 5.80. The number of ketones is 1. The van der Waals surface area contributed by atoms with Gasteiger partial charge in [0.05, 0.1) is 13.2 Å². The number of hydrogen-bond donors (Lipinski definition) is 1. The van der Waals surface area contributed by atoms with Crippen molar-refractivity contribution < 1.29 is 19.4 Å². The number of aliphatic hydroxyl groups excluding tert-OH is 1. The molecular weight excluding hydrogens is 388 g/mol. The number of methoxy groups -OCH3 is 1. The molecule has 4 fully saturated rings. The van der Waals surface area contributed by atoms with Crippen LogP contribution in [0, 0.1) is 46.3 Å². The van der Waals surface area contributed by atoms with Crippen LogP contribution in [0.25, 0.3) is 0 Å². The highest BCUT2D eigenvalue weighted by Gasteiger charge is 2.63. The zero-order chi connectivity index (χ0) is 22.6. The van der Waals surface area contributed by atoms with Gasteiger partial charge in [0, 0.05) is 19.3 Å². The Labute approximate surface area is 188 Å². The van der Waals surface area contributed by atoms with Gasteiger partial charge in [0.25, 0.3) is 0 Å². The first kappa shape index (κ1) is 23.0. The van der Waals surface area contributed by atoms with Gasteiger partial charge >= 0.3 is 5.97 Å². The highest BCUT2D eigenvalue weighted by Crippen LogP contribution is 2.69. The summed E-state index contributed by atoms with van der Waals surface area (Å²) in [5.74, 6) is 2.90. The fraction of sp³-hybridized carbons (Fsp3) is 0.852. The van der Waals surface area contributed by atoms with Crippen molar-refractivity contribution in [2.24, 2.45) is 46.3 Å². The number of fused-ring (bicyclic) bond motifs is 5. The van der Waals surface area contributed by atoms with Crippen LogP contribution in [-0.2, 0) is 14.3 Å². The van der Waals surface area contributed by atoms with E-state index in [2.05, 4.69) is 26.8 Å². The standard InChI is InChI=1S/C27H42O4/c1-6-18-22-15-17(28)11-13-27(22,4)21-12-14-26(3)19(16(2)7-10-23(29)31-5)8-9-20(26)24(21)25(18)30/h6,16,19-22,24-25,30H,7-15H2,1-5H3/t16?,19-,20+,21+,22+,24+,25-,26-,27-/m1/s1. The number of allylic oxidation sites excluding steroid dienone is 1. The van der Waals surface area contributed by atoms with Gasteiger partial charge in [-0.15, -0.1) is 0 Å². The summed E-state index contributed by atoms with van der Waals surface area (Å²) < 4.78 is 4.87. The van der Waals surface area contributed by atoms with Crippen molar-refractivity contribution in [3.05, 3.63) is 11.6 Å². The first-order chi connectivity index (χ1) is 14.7. The molecule has 0 aromatic carbocycles. The third-order valence-corrected chi connectivity index (χ3v) is 10.6. The number of carbonyl (C=O) groups excluding carboxylic acids is 2. The lowest BCUT2D eigenvalue weighted by Gasteiger charge is -2.62. The number of Topliss-reactive ketones (excluding diaryl/α,β-unsaturated/α-hetero) is 1. The number of hydrogen-bond acceptors (Lipinski definition) is 4. The highest BCUT2D eigenvalue weighted by atomic mass is 16.5. The van der Waals surface area contributed by atoms with Gasteiger partial charge in [0.1, 0.15) is 5.78 Å². The van der Waals surface area contributed by atoms with Crippen LogP contribution >= 0.6 is 0 Å². The summed E-state index contributed by atoms with van der Waals surface area (Å²) in [5, 5.41) is 11.7. The van der Waals surface area contributed by atoms with Crippen molar-refractivity contribution in [3.8, 4) is 0 Å². The molecule has 4 heteroatoms. The third kappa shape index (κ3) is 3.52. The summed E-state index contributed by atoms with van der Waals surface area (Å²) in [4.78, 5) is 24.0. The third-order valence-electron chi connectivity index (χ3n) is 10.6. The van der Waals surface area contributed by atoms with E-state index >= 15 is 0 Å². The number of esters is 1. The lowest BCUT2D eigenvalue weighted by atomic mass is 9.43. The molecule has 0 aromatic rings. The van der Waals surface area contributed by atoms with Crippen LogP contribution in [0.5, 0.6) is 0 Å². The number of carbonyl (C=O) groups is 2. The van der Waals surface area contributed by atoms with Gasteiger partial charge in [0.15, 0.2) is 0 Å². The average Bonchev–Trinajstić information content (AvgIpc) is 3.10. The predicted molar refractivity (Wildman–Crippen MR) is 121 cm³/mol. The molecule has 9 atom stereocenters. The maximum absolute atomic E-state index is 12.3. The summed E-state index contributed by atoms with van der Waals surface area (Å²) in [7, 11) is 1.47. The molecule has 0 radical (unpaired) electrons. The van der Waals surface area contributed by atoms with Crippen LogP contribution in [0.2, 0.25) is 0 Å². The van der Waals surface area contributed by atoms with Crippen LogP contribution in [-0.4, -0.2) is 30.1 Å². The van der Waals surface area contributed by atoms with Gasteiger partial charge in [-0.1, -0.05) is 26.8 Å². The molecular formula is C27H42O4. The number of rotatable bonds is 4. The first-order valence-corrected chi connectivity index (χ1v) is 12.6. The van der Waals surface area contributed by atoms with Gasteiger partial charge < -0.3 is 9.84 Å². The molecule has 4 aliphatic rings. The Kier molecular flexibility index (Phi) is 6.17. The average molecular weight is 431 g/mol. The van der Waals surface area contributed by atoms with Gasteiger partial charge in [-0.05, 0) is 97.4 Å². The van der Waals surface area contributed by atoms with E-state index in [1.807, 2.05) is 6.92 Å². The molecule has 0 heterocycles. The fourth-order valence-electron chi connectivity index (χ4n) is 8.92. The normalized spacial score (nSPS) is 46.8. The SMILES string of the molecule is CC=C1[C@@H](O)[C@@H]2[C@H](CC[C@]3(C)[C@@H](C(C)CCC(=O)OC)CC[C@@H]23)[C@@]2(C)CCC(=O)C[C@@H]12. The largest absolute Gasteiger partial charge is 0.469 e. The van der Waals surface area contributed by atoms with Crippen molar-refractivity contribution >= 4 is 11.8 Å². The molecule has 0 aromatic heterocycles. The van der Waals surface area contributed by atoms with E-state index in [9.17, 15) is 14.7 Å². The maximum atomic E-state index is 12.3.